The minimum atomic E-state index is 0.644. The van der Waals surface area contributed by atoms with E-state index in [1.165, 1.54) is 0 Å². The van der Waals surface area contributed by atoms with Crippen molar-refractivity contribution in [2.24, 2.45) is 0 Å². The Labute approximate surface area is 122 Å². The van der Waals surface area contributed by atoms with Gasteiger partial charge in [-0.15, -0.1) is 0 Å². The van der Waals surface area contributed by atoms with Gasteiger partial charge >= 0.3 is 0 Å². The van der Waals surface area contributed by atoms with E-state index in [9.17, 15) is 0 Å². The zero-order chi connectivity index (χ0) is 14.8. The lowest BCUT2D eigenvalue weighted by molar-refractivity contribution is 0.242. The van der Waals surface area contributed by atoms with Crippen LogP contribution >= 0.6 is 0 Å². The standard InChI is InChI=1S/C17H26O3/c1-5-11-18-15-10-9-14(8-4)16(19-12-6-2)17(15)20-13-7-3/h8-10H,4-7,11-13H2,1-3H3. The average Bonchev–Trinajstić information content (AvgIpc) is 2.48. The first-order valence-electron chi connectivity index (χ1n) is 7.46. The van der Waals surface area contributed by atoms with Crippen LogP contribution in [0.15, 0.2) is 18.7 Å². The molecule has 112 valence electrons. The first-order valence-corrected chi connectivity index (χ1v) is 7.46. The van der Waals surface area contributed by atoms with Gasteiger partial charge in [0.1, 0.15) is 0 Å². The van der Waals surface area contributed by atoms with Gasteiger partial charge in [0.25, 0.3) is 0 Å². The molecule has 1 aromatic rings. The maximum atomic E-state index is 5.86. The van der Waals surface area contributed by atoms with Gasteiger partial charge < -0.3 is 14.2 Å². The number of hydrogen-bond acceptors (Lipinski definition) is 3. The van der Waals surface area contributed by atoms with Gasteiger partial charge in [0.2, 0.25) is 5.75 Å². The molecule has 3 nitrogen and oxygen atoms in total. The normalized spacial score (nSPS) is 10.2. The topological polar surface area (TPSA) is 27.7 Å². The second kappa shape index (κ2) is 9.29. The summed E-state index contributed by atoms with van der Waals surface area (Å²) in [5.74, 6) is 2.19. The SMILES string of the molecule is C=Cc1ccc(OCCC)c(OCCC)c1OCCC. The lowest BCUT2D eigenvalue weighted by Gasteiger charge is -2.18. The molecule has 0 spiro atoms. The molecule has 0 aliphatic rings. The van der Waals surface area contributed by atoms with Crippen molar-refractivity contribution in [3.8, 4) is 17.2 Å². The Morgan fingerprint density at radius 2 is 1.40 bits per heavy atom. The van der Waals surface area contributed by atoms with Crippen molar-refractivity contribution in [1.82, 2.24) is 0 Å². The number of benzene rings is 1. The molecule has 0 aromatic heterocycles. The van der Waals surface area contributed by atoms with Crippen LogP contribution in [0.1, 0.15) is 45.6 Å². The molecule has 0 fully saturated rings. The lowest BCUT2D eigenvalue weighted by atomic mass is 10.1. The number of ether oxygens (including phenoxy) is 3. The first kappa shape index (κ1) is 16.4. The third kappa shape index (κ3) is 4.48. The van der Waals surface area contributed by atoms with E-state index in [0.29, 0.717) is 25.6 Å². The van der Waals surface area contributed by atoms with Crippen molar-refractivity contribution in [1.29, 1.82) is 0 Å². The molecule has 0 saturated carbocycles. The summed E-state index contributed by atoms with van der Waals surface area (Å²) in [6, 6.07) is 3.89. The molecule has 0 N–H and O–H groups in total. The summed E-state index contributed by atoms with van der Waals surface area (Å²) in [6.07, 6.45) is 4.64. The molecule has 0 unspecified atom stereocenters. The third-order valence-corrected chi connectivity index (χ3v) is 2.69. The fourth-order valence-corrected chi connectivity index (χ4v) is 1.74. The van der Waals surface area contributed by atoms with E-state index in [4.69, 9.17) is 14.2 Å². The van der Waals surface area contributed by atoms with Crippen LogP contribution in [0, 0.1) is 0 Å². The monoisotopic (exact) mass is 278 g/mol. The third-order valence-electron chi connectivity index (χ3n) is 2.69. The highest BCUT2D eigenvalue weighted by Gasteiger charge is 2.16. The van der Waals surface area contributed by atoms with Crippen LogP contribution in [0.4, 0.5) is 0 Å². The zero-order valence-electron chi connectivity index (χ0n) is 12.9. The van der Waals surface area contributed by atoms with Gasteiger partial charge in [0.15, 0.2) is 11.5 Å². The fourth-order valence-electron chi connectivity index (χ4n) is 1.74. The van der Waals surface area contributed by atoms with Crippen LogP contribution in [0.5, 0.6) is 17.2 Å². The number of rotatable bonds is 10. The molecule has 0 aliphatic heterocycles. The van der Waals surface area contributed by atoms with E-state index in [2.05, 4.69) is 27.4 Å². The summed E-state index contributed by atoms with van der Waals surface area (Å²) < 4.78 is 17.5. The molecule has 0 bridgehead atoms. The van der Waals surface area contributed by atoms with Gasteiger partial charge in [-0.2, -0.15) is 0 Å². The van der Waals surface area contributed by atoms with Crippen LogP contribution in [-0.4, -0.2) is 19.8 Å². The minimum absolute atomic E-state index is 0.644. The average molecular weight is 278 g/mol. The predicted octanol–water partition coefficient (Wildman–Crippen LogP) is 4.70. The van der Waals surface area contributed by atoms with Crippen molar-refractivity contribution < 1.29 is 14.2 Å². The van der Waals surface area contributed by atoms with Crippen molar-refractivity contribution in [3.05, 3.63) is 24.3 Å². The van der Waals surface area contributed by atoms with Crippen molar-refractivity contribution >= 4 is 6.08 Å². The van der Waals surface area contributed by atoms with Gasteiger partial charge in [-0.05, 0) is 31.4 Å². The molecule has 0 atom stereocenters. The molecule has 0 radical (unpaired) electrons. The summed E-state index contributed by atoms with van der Waals surface area (Å²) in [6.45, 7) is 12.0. The zero-order valence-corrected chi connectivity index (χ0v) is 12.9. The van der Waals surface area contributed by atoms with Gasteiger partial charge in [0.05, 0.1) is 19.8 Å². The summed E-state index contributed by atoms with van der Waals surface area (Å²) >= 11 is 0. The summed E-state index contributed by atoms with van der Waals surface area (Å²) in [5.41, 5.74) is 0.938. The largest absolute Gasteiger partial charge is 0.490 e. The van der Waals surface area contributed by atoms with E-state index in [-0.39, 0.29) is 0 Å². The lowest BCUT2D eigenvalue weighted by Crippen LogP contribution is -2.06. The molecule has 20 heavy (non-hydrogen) atoms. The molecule has 0 aliphatic carbocycles. The summed E-state index contributed by atoms with van der Waals surface area (Å²) in [7, 11) is 0. The minimum Gasteiger partial charge on any atom is -0.490 e. The van der Waals surface area contributed by atoms with Crippen LogP contribution in [-0.2, 0) is 0 Å². The molecule has 0 heterocycles. The van der Waals surface area contributed by atoms with Crippen molar-refractivity contribution in [3.63, 3.8) is 0 Å². The Hall–Kier alpha value is -1.64. The van der Waals surface area contributed by atoms with Gasteiger partial charge in [-0.3, -0.25) is 0 Å². The maximum absolute atomic E-state index is 5.86. The van der Waals surface area contributed by atoms with Gasteiger partial charge in [0, 0.05) is 5.56 Å². The molecule has 3 heteroatoms. The highest BCUT2D eigenvalue weighted by molar-refractivity contribution is 5.65. The van der Waals surface area contributed by atoms with E-state index >= 15 is 0 Å². The highest BCUT2D eigenvalue weighted by atomic mass is 16.5. The van der Waals surface area contributed by atoms with Crippen LogP contribution in [0.2, 0.25) is 0 Å². The van der Waals surface area contributed by atoms with Crippen LogP contribution in [0.3, 0.4) is 0 Å². The molecule has 0 amide bonds. The Bertz CT molecular complexity index is 413. The Morgan fingerprint density at radius 3 is 1.95 bits per heavy atom. The Kier molecular flexibility index (Phi) is 7.63. The van der Waals surface area contributed by atoms with Gasteiger partial charge in [-0.1, -0.05) is 33.4 Å². The first-order chi connectivity index (χ1) is 9.78. The maximum Gasteiger partial charge on any atom is 0.204 e. The number of hydrogen-bond donors (Lipinski definition) is 0. The van der Waals surface area contributed by atoms with E-state index in [1.54, 1.807) is 6.08 Å². The second-order valence-corrected chi connectivity index (χ2v) is 4.56. The summed E-state index contributed by atoms with van der Waals surface area (Å²) in [4.78, 5) is 0. The molecule has 0 saturated heterocycles. The molecule has 1 rings (SSSR count). The van der Waals surface area contributed by atoms with E-state index in [1.807, 2.05) is 12.1 Å². The smallest absolute Gasteiger partial charge is 0.204 e. The van der Waals surface area contributed by atoms with Crippen molar-refractivity contribution in [2.75, 3.05) is 19.8 Å². The molecule has 1 aromatic carbocycles. The van der Waals surface area contributed by atoms with E-state index < -0.39 is 0 Å². The van der Waals surface area contributed by atoms with Crippen LogP contribution < -0.4 is 14.2 Å². The van der Waals surface area contributed by atoms with Crippen molar-refractivity contribution in [2.45, 2.75) is 40.0 Å². The Morgan fingerprint density at radius 1 is 0.850 bits per heavy atom. The van der Waals surface area contributed by atoms with Gasteiger partial charge in [-0.25, -0.2) is 0 Å². The fraction of sp³-hybridized carbons (Fsp3) is 0.529. The second-order valence-electron chi connectivity index (χ2n) is 4.56. The predicted molar refractivity (Wildman–Crippen MR) is 83.9 cm³/mol. The van der Waals surface area contributed by atoms with Crippen LogP contribution in [0.25, 0.3) is 6.08 Å². The quantitative estimate of drug-likeness (QED) is 0.621. The Balaban J connectivity index is 3.12. The summed E-state index contributed by atoms with van der Waals surface area (Å²) in [5, 5.41) is 0. The molecular formula is C17H26O3. The van der Waals surface area contributed by atoms with E-state index in [0.717, 1.165) is 36.3 Å². The highest BCUT2D eigenvalue weighted by Crippen LogP contribution is 2.41. The molecular weight excluding hydrogens is 252 g/mol.